The lowest BCUT2D eigenvalue weighted by Crippen LogP contribution is -2.32. The van der Waals surface area contributed by atoms with Gasteiger partial charge in [-0.2, -0.15) is 0 Å². The Bertz CT molecular complexity index is 470. The van der Waals surface area contributed by atoms with Crippen molar-refractivity contribution in [1.29, 1.82) is 0 Å². The second kappa shape index (κ2) is 7.41. The van der Waals surface area contributed by atoms with E-state index < -0.39 is 0 Å². The Morgan fingerprint density at radius 3 is 2.86 bits per heavy atom. The molecule has 2 rings (SSSR count). The first-order chi connectivity index (χ1) is 10.1. The molecule has 0 N–H and O–H groups in total. The van der Waals surface area contributed by atoms with Crippen LogP contribution in [0, 0.1) is 0 Å². The molecule has 0 saturated carbocycles. The van der Waals surface area contributed by atoms with E-state index in [1.54, 1.807) is 17.2 Å². The fourth-order valence-electron chi connectivity index (χ4n) is 2.60. The summed E-state index contributed by atoms with van der Waals surface area (Å²) in [6, 6.07) is 3.64. The third-order valence-electron chi connectivity index (χ3n) is 3.85. The fraction of sp³-hybridized carbons (Fsp3) is 0.625. The fourth-order valence-corrected chi connectivity index (χ4v) is 2.60. The number of amides is 1. The summed E-state index contributed by atoms with van der Waals surface area (Å²) in [5.74, 6) is 0.728. The molecule has 5 heteroatoms. The van der Waals surface area contributed by atoms with Crippen molar-refractivity contribution < 1.29 is 9.53 Å². The third kappa shape index (κ3) is 4.17. The van der Waals surface area contributed by atoms with Gasteiger partial charge in [0.2, 0.25) is 0 Å². The molecule has 1 unspecified atom stereocenters. The number of aromatic nitrogens is 1. The van der Waals surface area contributed by atoms with Crippen LogP contribution in [0.15, 0.2) is 18.3 Å². The molecule has 0 aliphatic carbocycles. The molecule has 5 nitrogen and oxygen atoms in total. The highest BCUT2D eigenvalue weighted by Crippen LogP contribution is 2.18. The summed E-state index contributed by atoms with van der Waals surface area (Å²) in [6.45, 7) is 1.57. The smallest absolute Gasteiger partial charge is 0.257 e. The maximum Gasteiger partial charge on any atom is 0.257 e. The molecular weight excluding hydrogens is 266 g/mol. The first kappa shape index (κ1) is 15.8. The van der Waals surface area contributed by atoms with Crippen molar-refractivity contribution in [3.8, 4) is 0 Å². The Labute approximate surface area is 126 Å². The minimum atomic E-state index is 0.0163. The average Bonchev–Trinajstić information content (AvgIpc) is 2.52. The summed E-state index contributed by atoms with van der Waals surface area (Å²) in [5, 5.41) is 0. The van der Waals surface area contributed by atoms with E-state index in [0.29, 0.717) is 24.0 Å². The maximum atomic E-state index is 12.6. The Balaban J connectivity index is 1.95. The molecule has 1 atom stereocenters. The van der Waals surface area contributed by atoms with Gasteiger partial charge in [0.25, 0.3) is 5.91 Å². The standard InChI is InChI=1S/C16H25N3O2/c1-18(2)15-14(8-6-10-17-15)16(20)19(3)11-9-13-7-4-5-12-21-13/h6,8,10,13H,4-5,7,9,11-12H2,1-3H3. The number of hydrogen-bond donors (Lipinski definition) is 0. The van der Waals surface area contributed by atoms with Crippen LogP contribution in [-0.4, -0.2) is 56.2 Å². The molecule has 1 amide bonds. The van der Waals surface area contributed by atoms with E-state index in [-0.39, 0.29) is 5.91 Å². The van der Waals surface area contributed by atoms with E-state index in [1.165, 1.54) is 6.42 Å². The zero-order valence-corrected chi connectivity index (χ0v) is 13.2. The summed E-state index contributed by atoms with van der Waals surface area (Å²) < 4.78 is 5.72. The van der Waals surface area contributed by atoms with Crippen LogP contribution in [0.4, 0.5) is 5.82 Å². The Morgan fingerprint density at radius 1 is 1.38 bits per heavy atom. The molecule has 1 saturated heterocycles. The van der Waals surface area contributed by atoms with Crippen molar-refractivity contribution in [3.05, 3.63) is 23.9 Å². The lowest BCUT2D eigenvalue weighted by Gasteiger charge is -2.26. The van der Waals surface area contributed by atoms with Crippen LogP contribution in [0.25, 0.3) is 0 Å². The monoisotopic (exact) mass is 291 g/mol. The number of rotatable bonds is 5. The van der Waals surface area contributed by atoms with E-state index in [1.807, 2.05) is 32.1 Å². The second-order valence-electron chi connectivity index (χ2n) is 5.77. The molecule has 1 aliphatic rings. The predicted octanol–water partition coefficient (Wildman–Crippen LogP) is 2.18. The van der Waals surface area contributed by atoms with Gasteiger partial charge in [0.1, 0.15) is 5.82 Å². The first-order valence-corrected chi connectivity index (χ1v) is 7.59. The lowest BCUT2D eigenvalue weighted by atomic mass is 10.1. The van der Waals surface area contributed by atoms with Gasteiger partial charge >= 0.3 is 0 Å². The van der Waals surface area contributed by atoms with Gasteiger partial charge in [-0.25, -0.2) is 4.98 Å². The number of ether oxygens (including phenoxy) is 1. The summed E-state index contributed by atoms with van der Waals surface area (Å²) in [6.07, 6.45) is 6.42. The lowest BCUT2D eigenvalue weighted by molar-refractivity contribution is 0.00709. The quantitative estimate of drug-likeness (QED) is 0.834. The van der Waals surface area contributed by atoms with Gasteiger partial charge in [-0.05, 0) is 37.8 Å². The minimum Gasteiger partial charge on any atom is -0.378 e. The van der Waals surface area contributed by atoms with Crippen LogP contribution in [0.1, 0.15) is 36.0 Å². The van der Waals surface area contributed by atoms with E-state index >= 15 is 0 Å². The first-order valence-electron chi connectivity index (χ1n) is 7.59. The number of pyridine rings is 1. The van der Waals surface area contributed by atoms with Crippen molar-refractivity contribution in [2.75, 3.05) is 39.2 Å². The number of anilines is 1. The molecule has 0 bridgehead atoms. The van der Waals surface area contributed by atoms with Gasteiger partial charge in [-0.1, -0.05) is 0 Å². The average molecular weight is 291 g/mol. The van der Waals surface area contributed by atoms with Crippen molar-refractivity contribution in [2.24, 2.45) is 0 Å². The van der Waals surface area contributed by atoms with Crippen LogP contribution in [0.5, 0.6) is 0 Å². The molecule has 21 heavy (non-hydrogen) atoms. The Morgan fingerprint density at radius 2 is 2.19 bits per heavy atom. The van der Waals surface area contributed by atoms with Crippen LogP contribution in [0.3, 0.4) is 0 Å². The van der Waals surface area contributed by atoms with E-state index in [9.17, 15) is 4.79 Å². The molecule has 116 valence electrons. The van der Waals surface area contributed by atoms with Crippen molar-refractivity contribution in [1.82, 2.24) is 9.88 Å². The van der Waals surface area contributed by atoms with Crippen LogP contribution < -0.4 is 4.90 Å². The zero-order valence-electron chi connectivity index (χ0n) is 13.2. The van der Waals surface area contributed by atoms with Crippen LogP contribution in [0.2, 0.25) is 0 Å². The molecule has 2 heterocycles. The van der Waals surface area contributed by atoms with Gasteiger partial charge in [0.15, 0.2) is 0 Å². The van der Waals surface area contributed by atoms with E-state index in [0.717, 1.165) is 25.9 Å². The van der Waals surface area contributed by atoms with Crippen LogP contribution >= 0.6 is 0 Å². The summed E-state index contributed by atoms with van der Waals surface area (Å²) in [5.41, 5.74) is 0.648. The predicted molar refractivity (Wildman–Crippen MR) is 83.7 cm³/mol. The summed E-state index contributed by atoms with van der Waals surface area (Å²) in [4.78, 5) is 20.5. The van der Waals surface area contributed by atoms with Gasteiger partial charge in [-0.15, -0.1) is 0 Å². The van der Waals surface area contributed by atoms with Gasteiger partial charge < -0.3 is 14.5 Å². The molecule has 1 aromatic heterocycles. The van der Waals surface area contributed by atoms with Gasteiger partial charge in [0.05, 0.1) is 11.7 Å². The number of hydrogen-bond acceptors (Lipinski definition) is 4. The maximum absolute atomic E-state index is 12.6. The minimum absolute atomic E-state index is 0.0163. The molecule has 0 spiro atoms. The molecule has 0 aromatic carbocycles. The third-order valence-corrected chi connectivity index (χ3v) is 3.85. The molecule has 1 aliphatic heterocycles. The van der Waals surface area contributed by atoms with Gasteiger partial charge in [0, 0.05) is 40.5 Å². The molecule has 0 radical (unpaired) electrons. The molecule has 1 aromatic rings. The van der Waals surface area contributed by atoms with Crippen molar-refractivity contribution >= 4 is 11.7 Å². The Hall–Kier alpha value is -1.62. The number of carbonyl (C=O) groups is 1. The number of nitrogens with zero attached hydrogens (tertiary/aromatic N) is 3. The molecular formula is C16H25N3O2. The SMILES string of the molecule is CN(CCC1CCCCO1)C(=O)c1cccnc1N(C)C. The normalized spacial score (nSPS) is 18.3. The highest BCUT2D eigenvalue weighted by Gasteiger charge is 2.20. The topological polar surface area (TPSA) is 45.7 Å². The van der Waals surface area contributed by atoms with E-state index in [2.05, 4.69) is 4.98 Å². The Kier molecular flexibility index (Phi) is 5.56. The van der Waals surface area contributed by atoms with Crippen LogP contribution in [-0.2, 0) is 4.74 Å². The second-order valence-corrected chi connectivity index (χ2v) is 5.77. The summed E-state index contributed by atoms with van der Waals surface area (Å²) >= 11 is 0. The van der Waals surface area contributed by atoms with Crippen molar-refractivity contribution in [3.63, 3.8) is 0 Å². The van der Waals surface area contributed by atoms with E-state index in [4.69, 9.17) is 4.74 Å². The zero-order chi connectivity index (χ0) is 15.2. The summed E-state index contributed by atoms with van der Waals surface area (Å²) in [7, 11) is 5.64. The van der Waals surface area contributed by atoms with Crippen molar-refractivity contribution in [2.45, 2.75) is 31.8 Å². The largest absolute Gasteiger partial charge is 0.378 e. The highest BCUT2D eigenvalue weighted by atomic mass is 16.5. The van der Waals surface area contributed by atoms with Gasteiger partial charge in [-0.3, -0.25) is 4.79 Å². The highest BCUT2D eigenvalue weighted by molar-refractivity contribution is 5.98. The number of carbonyl (C=O) groups excluding carboxylic acids is 1. The molecule has 1 fully saturated rings.